The first-order valence-electron chi connectivity index (χ1n) is 10.00. The molecule has 4 rings (SSSR count). The van der Waals surface area contributed by atoms with E-state index in [1.165, 1.54) is 5.56 Å². The van der Waals surface area contributed by atoms with E-state index in [1.807, 2.05) is 18.2 Å². The second-order valence-electron chi connectivity index (χ2n) is 7.41. The predicted octanol–water partition coefficient (Wildman–Crippen LogP) is 2.19. The minimum atomic E-state index is -0.516. The van der Waals surface area contributed by atoms with Crippen LogP contribution in [0.2, 0.25) is 0 Å². The van der Waals surface area contributed by atoms with Crippen molar-refractivity contribution in [3.8, 4) is 0 Å². The van der Waals surface area contributed by atoms with Crippen molar-refractivity contribution in [3.05, 3.63) is 70.8 Å². The molecule has 154 valence electrons. The molecular weight excluding hydrogens is 384 g/mol. The Morgan fingerprint density at radius 1 is 0.900 bits per heavy atom. The van der Waals surface area contributed by atoms with Crippen LogP contribution in [0.15, 0.2) is 48.5 Å². The Bertz CT molecular complexity index is 981. The van der Waals surface area contributed by atoms with Gasteiger partial charge in [0.1, 0.15) is 0 Å². The Kier molecular flexibility index (Phi) is 5.61. The topological polar surface area (TPSA) is 84.0 Å². The van der Waals surface area contributed by atoms with E-state index in [-0.39, 0.29) is 43.7 Å². The third-order valence-corrected chi connectivity index (χ3v) is 5.48. The van der Waals surface area contributed by atoms with Gasteiger partial charge in [0.2, 0.25) is 0 Å². The van der Waals surface area contributed by atoms with E-state index < -0.39 is 5.97 Å². The molecule has 0 unspecified atom stereocenters. The van der Waals surface area contributed by atoms with Gasteiger partial charge >= 0.3 is 5.97 Å². The summed E-state index contributed by atoms with van der Waals surface area (Å²) in [5, 5.41) is 0. The summed E-state index contributed by atoms with van der Waals surface area (Å²) in [6.07, 6.45) is 1.11. The lowest BCUT2D eigenvalue weighted by molar-refractivity contribution is -0.152. The summed E-state index contributed by atoms with van der Waals surface area (Å²) >= 11 is 0. The first kappa shape index (κ1) is 19.8. The van der Waals surface area contributed by atoms with Crippen molar-refractivity contribution in [1.82, 2.24) is 9.80 Å². The van der Waals surface area contributed by atoms with E-state index in [1.54, 1.807) is 29.2 Å². The maximum absolute atomic E-state index is 12.4. The van der Waals surface area contributed by atoms with Crippen molar-refractivity contribution in [2.75, 3.05) is 19.7 Å². The van der Waals surface area contributed by atoms with Crippen molar-refractivity contribution in [3.63, 3.8) is 0 Å². The zero-order chi connectivity index (χ0) is 21.1. The molecule has 0 saturated heterocycles. The van der Waals surface area contributed by atoms with Crippen LogP contribution in [0, 0.1) is 0 Å². The molecular formula is C23H22N2O5. The van der Waals surface area contributed by atoms with Gasteiger partial charge in [0.25, 0.3) is 17.7 Å². The Balaban J connectivity index is 1.20. The molecule has 2 heterocycles. The molecule has 0 fully saturated rings. The number of nitrogens with zero attached hydrogens (tertiary/aromatic N) is 2. The van der Waals surface area contributed by atoms with Crippen LogP contribution in [0.5, 0.6) is 0 Å². The van der Waals surface area contributed by atoms with Crippen LogP contribution in [0.3, 0.4) is 0 Å². The molecule has 7 nitrogen and oxygen atoms in total. The fourth-order valence-corrected chi connectivity index (χ4v) is 3.84. The lowest BCUT2D eigenvalue weighted by Crippen LogP contribution is -2.38. The molecule has 0 N–H and O–H groups in total. The third-order valence-electron chi connectivity index (χ3n) is 5.48. The normalized spacial score (nSPS) is 15.1. The lowest BCUT2D eigenvalue weighted by Gasteiger charge is -2.28. The molecule has 0 saturated carbocycles. The summed E-state index contributed by atoms with van der Waals surface area (Å²) in [6.45, 7) is 0.964. The highest BCUT2D eigenvalue weighted by Crippen LogP contribution is 2.23. The van der Waals surface area contributed by atoms with Crippen molar-refractivity contribution < 1.29 is 23.9 Å². The molecule has 30 heavy (non-hydrogen) atoms. The van der Waals surface area contributed by atoms with Gasteiger partial charge in [-0.3, -0.25) is 24.1 Å². The first-order chi connectivity index (χ1) is 14.5. The summed E-state index contributed by atoms with van der Waals surface area (Å²) in [6, 6.07) is 14.7. The molecule has 0 spiro atoms. The molecule has 7 heteroatoms. The fraction of sp³-hybridized carbons (Fsp3) is 0.304. The average Bonchev–Trinajstić information content (AvgIpc) is 3.02. The van der Waals surface area contributed by atoms with Crippen LogP contribution in [-0.2, 0) is 27.3 Å². The SMILES string of the molecule is O=C(CCCN1C(=O)c2ccccc2C1=O)OCC(=O)N1CCc2ccccc2C1. The number of rotatable bonds is 6. The summed E-state index contributed by atoms with van der Waals surface area (Å²) in [5.41, 5.74) is 3.13. The molecule has 0 radical (unpaired) electrons. The first-order valence-corrected chi connectivity index (χ1v) is 10.00. The van der Waals surface area contributed by atoms with Crippen LogP contribution in [0.25, 0.3) is 0 Å². The second-order valence-corrected chi connectivity index (χ2v) is 7.41. The molecule has 2 aliphatic heterocycles. The number of hydrogen-bond acceptors (Lipinski definition) is 5. The number of amides is 3. The summed E-state index contributed by atoms with van der Waals surface area (Å²) < 4.78 is 5.11. The third kappa shape index (κ3) is 3.96. The Morgan fingerprint density at radius 2 is 1.53 bits per heavy atom. The maximum atomic E-state index is 12.4. The van der Waals surface area contributed by atoms with E-state index in [4.69, 9.17) is 4.74 Å². The highest BCUT2D eigenvalue weighted by atomic mass is 16.5. The van der Waals surface area contributed by atoms with Gasteiger partial charge in [-0.15, -0.1) is 0 Å². The van der Waals surface area contributed by atoms with Crippen LogP contribution in [0.4, 0.5) is 0 Å². The van der Waals surface area contributed by atoms with Gasteiger partial charge in [0, 0.05) is 26.1 Å². The zero-order valence-electron chi connectivity index (χ0n) is 16.5. The summed E-state index contributed by atoms with van der Waals surface area (Å²) in [4.78, 5) is 51.8. The Labute approximate surface area is 174 Å². The van der Waals surface area contributed by atoms with Gasteiger partial charge in [0.15, 0.2) is 6.61 Å². The summed E-state index contributed by atoms with van der Waals surface area (Å²) in [5.74, 6) is -1.43. The number of esters is 1. The van der Waals surface area contributed by atoms with Crippen LogP contribution < -0.4 is 0 Å². The molecule has 2 aliphatic rings. The number of carbonyl (C=O) groups is 4. The molecule has 0 bridgehead atoms. The zero-order valence-corrected chi connectivity index (χ0v) is 16.5. The number of hydrogen-bond donors (Lipinski definition) is 0. The van der Waals surface area contributed by atoms with Crippen molar-refractivity contribution in [2.45, 2.75) is 25.8 Å². The fourth-order valence-electron chi connectivity index (χ4n) is 3.84. The molecule has 2 aromatic carbocycles. The average molecular weight is 406 g/mol. The standard InChI is InChI=1S/C23H22N2O5/c26-20(24-13-11-16-6-1-2-7-17(16)14-24)15-30-21(27)10-5-12-25-22(28)18-8-3-4-9-19(18)23(25)29/h1-4,6-9H,5,10-15H2. The van der Waals surface area contributed by atoms with Gasteiger partial charge in [0.05, 0.1) is 11.1 Å². The van der Waals surface area contributed by atoms with Gasteiger partial charge in [-0.05, 0) is 36.1 Å². The van der Waals surface area contributed by atoms with E-state index in [0.29, 0.717) is 24.2 Å². The van der Waals surface area contributed by atoms with Crippen LogP contribution in [0.1, 0.15) is 44.7 Å². The highest BCUT2D eigenvalue weighted by Gasteiger charge is 2.34. The number of carbonyl (C=O) groups excluding carboxylic acids is 4. The molecule has 0 aromatic heterocycles. The minimum absolute atomic E-state index is 0.0313. The Morgan fingerprint density at radius 3 is 2.23 bits per heavy atom. The van der Waals surface area contributed by atoms with E-state index in [9.17, 15) is 19.2 Å². The number of benzene rings is 2. The van der Waals surface area contributed by atoms with E-state index in [2.05, 4.69) is 6.07 Å². The predicted molar refractivity (Wildman–Crippen MR) is 108 cm³/mol. The van der Waals surface area contributed by atoms with Crippen molar-refractivity contribution >= 4 is 23.7 Å². The monoisotopic (exact) mass is 406 g/mol. The maximum Gasteiger partial charge on any atom is 0.306 e. The van der Waals surface area contributed by atoms with E-state index in [0.717, 1.165) is 16.9 Å². The molecule has 2 aromatic rings. The van der Waals surface area contributed by atoms with Gasteiger partial charge in [-0.25, -0.2) is 0 Å². The van der Waals surface area contributed by atoms with Gasteiger partial charge in [-0.1, -0.05) is 36.4 Å². The van der Waals surface area contributed by atoms with Crippen LogP contribution in [-0.4, -0.2) is 53.2 Å². The smallest absolute Gasteiger partial charge is 0.306 e. The largest absolute Gasteiger partial charge is 0.456 e. The molecule has 0 atom stereocenters. The number of ether oxygens (including phenoxy) is 1. The molecule has 3 amide bonds. The Hall–Kier alpha value is -3.48. The molecule has 0 aliphatic carbocycles. The number of imide groups is 1. The summed E-state index contributed by atoms with van der Waals surface area (Å²) in [7, 11) is 0. The van der Waals surface area contributed by atoms with E-state index >= 15 is 0 Å². The van der Waals surface area contributed by atoms with Gasteiger partial charge < -0.3 is 9.64 Å². The minimum Gasteiger partial charge on any atom is -0.456 e. The highest BCUT2D eigenvalue weighted by molar-refractivity contribution is 6.21. The second kappa shape index (κ2) is 8.49. The number of fused-ring (bicyclic) bond motifs is 2. The lowest BCUT2D eigenvalue weighted by atomic mass is 10.00. The van der Waals surface area contributed by atoms with Crippen LogP contribution >= 0.6 is 0 Å². The quantitative estimate of drug-likeness (QED) is 0.542. The van der Waals surface area contributed by atoms with Gasteiger partial charge in [-0.2, -0.15) is 0 Å². The van der Waals surface area contributed by atoms with Crippen molar-refractivity contribution in [1.29, 1.82) is 0 Å². The van der Waals surface area contributed by atoms with Crippen molar-refractivity contribution in [2.24, 2.45) is 0 Å².